The van der Waals surface area contributed by atoms with Crippen LogP contribution in [0.4, 0.5) is 9.18 Å². The predicted octanol–water partition coefficient (Wildman–Crippen LogP) is 4.65. The summed E-state index contributed by atoms with van der Waals surface area (Å²) >= 11 is 5.83. The van der Waals surface area contributed by atoms with Gasteiger partial charge in [0.25, 0.3) is 0 Å². The van der Waals surface area contributed by atoms with E-state index in [1.54, 1.807) is 33.8 Å². The van der Waals surface area contributed by atoms with Crippen LogP contribution in [-0.2, 0) is 14.3 Å². The number of carbonyl (C=O) groups excluding carboxylic acids is 2. The molecule has 1 rings (SSSR count). The molecule has 0 saturated heterocycles. The standard InChI is InChI=1S/C20H27ClFNO5/c1-7-8-17(27-16-10-14(21)9-15(22)11-16)13(3)26-18(24)12(2)23-19(25)28-20(4,5)6/h7,9-13,17H,1,8H2,2-6H3,(H,23,25)/t12-,13-,17+/m0/s1. The van der Waals surface area contributed by atoms with Crippen molar-refractivity contribution in [1.82, 2.24) is 5.32 Å². The number of hydrogen-bond donors (Lipinski definition) is 1. The molecule has 1 aromatic rings. The lowest BCUT2D eigenvalue weighted by molar-refractivity contribution is -0.154. The zero-order chi connectivity index (χ0) is 21.5. The normalized spacial score (nSPS) is 14.4. The van der Waals surface area contributed by atoms with Crippen LogP contribution in [0.15, 0.2) is 30.9 Å². The van der Waals surface area contributed by atoms with Gasteiger partial charge in [-0.15, -0.1) is 6.58 Å². The summed E-state index contributed by atoms with van der Waals surface area (Å²) in [5.41, 5.74) is -0.684. The van der Waals surface area contributed by atoms with Gasteiger partial charge in [-0.3, -0.25) is 0 Å². The number of amides is 1. The van der Waals surface area contributed by atoms with E-state index in [0.717, 1.165) is 6.07 Å². The summed E-state index contributed by atoms with van der Waals surface area (Å²) in [6.07, 6.45) is -0.101. The highest BCUT2D eigenvalue weighted by Gasteiger charge is 2.27. The molecule has 3 atom stereocenters. The Morgan fingerprint density at radius 2 is 1.93 bits per heavy atom. The molecule has 8 heteroatoms. The summed E-state index contributed by atoms with van der Waals surface area (Å²) in [7, 11) is 0. The molecule has 0 fully saturated rings. The molecule has 28 heavy (non-hydrogen) atoms. The van der Waals surface area contributed by atoms with Gasteiger partial charge >= 0.3 is 12.1 Å². The number of carbonyl (C=O) groups is 2. The Balaban J connectivity index is 2.71. The van der Waals surface area contributed by atoms with Crippen molar-refractivity contribution in [3.8, 4) is 5.75 Å². The average molecular weight is 416 g/mol. The van der Waals surface area contributed by atoms with E-state index in [9.17, 15) is 14.0 Å². The van der Waals surface area contributed by atoms with Crippen LogP contribution in [-0.4, -0.2) is 35.9 Å². The lowest BCUT2D eigenvalue weighted by Crippen LogP contribution is -2.44. The van der Waals surface area contributed by atoms with Crippen LogP contribution in [0.2, 0.25) is 5.02 Å². The number of benzene rings is 1. The fourth-order valence-electron chi connectivity index (χ4n) is 2.18. The summed E-state index contributed by atoms with van der Waals surface area (Å²) in [5.74, 6) is -0.993. The molecule has 0 radical (unpaired) electrons. The number of alkyl carbamates (subject to hydrolysis) is 1. The van der Waals surface area contributed by atoms with Crippen molar-refractivity contribution in [3.05, 3.63) is 41.7 Å². The minimum Gasteiger partial charge on any atom is -0.486 e. The van der Waals surface area contributed by atoms with Gasteiger partial charge in [0.15, 0.2) is 0 Å². The second-order valence-corrected chi connectivity index (χ2v) is 7.73. The summed E-state index contributed by atoms with van der Waals surface area (Å²) in [6, 6.07) is 2.88. The highest BCUT2D eigenvalue weighted by Crippen LogP contribution is 2.23. The zero-order valence-corrected chi connectivity index (χ0v) is 17.5. The molecule has 0 spiro atoms. The molecule has 0 bridgehead atoms. The summed E-state index contributed by atoms with van der Waals surface area (Å²) < 4.78 is 29.7. The van der Waals surface area contributed by atoms with Crippen LogP contribution in [0.5, 0.6) is 5.75 Å². The Morgan fingerprint density at radius 1 is 1.29 bits per heavy atom. The van der Waals surface area contributed by atoms with Gasteiger partial charge in [0.05, 0.1) is 0 Å². The molecular weight excluding hydrogens is 389 g/mol. The molecule has 1 aromatic carbocycles. The van der Waals surface area contributed by atoms with Gasteiger partial charge in [-0.1, -0.05) is 17.7 Å². The first-order chi connectivity index (χ1) is 12.9. The molecule has 6 nitrogen and oxygen atoms in total. The van der Waals surface area contributed by atoms with E-state index >= 15 is 0 Å². The zero-order valence-electron chi connectivity index (χ0n) is 16.8. The topological polar surface area (TPSA) is 73.9 Å². The van der Waals surface area contributed by atoms with E-state index in [-0.39, 0.29) is 10.8 Å². The molecule has 0 aliphatic heterocycles. The van der Waals surface area contributed by atoms with E-state index in [1.165, 1.54) is 19.1 Å². The number of ether oxygens (including phenoxy) is 3. The first-order valence-electron chi connectivity index (χ1n) is 8.85. The third-order valence-corrected chi connectivity index (χ3v) is 3.65. The number of rotatable bonds is 8. The van der Waals surface area contributed by atoms with Crippen LogP contribution in [0.3, 0.4) is 0 Å². The van der Waals surface area contributed by atoms with E-state index in [2.05, 4.69) is 11.9 Å². The maximum Gasteiger partial charge on any atom is 0.408 e. The predicted molar refractivity (Wildman–Crippen MR) is 105 cm³/mol. The molecule has 1 amide bonds. The largest absolute Gasteiger partial charge is 0.486 e. The van der Waals surface area contributed by atoms with E-state index < -0.39 is 41.7 Å². The van der Waals surface area contributed by atoms with Crippen molar-refractivity contribution < 1.29 is 28.2 Å². The third kappa shape index (κ3) is 8.61. The van der Waals surface area contributed by atoms with Crippen molar-refractivity contribution in [2.24, 2.45) is 0 Å². The lowest BCUT2D eigenvalue weighted by atomic mass is 10.1. The van der Waals surface area contributed by atoms with Crippen molar-refractivity contribution in [2.45, 2.75) is 64.9 Å². The smallest absolute Gasteiger partial charge is 0.408 e. The SMILES string of the molecule is C=CC[C@@H](Oc1cc(F)cc(Cl)c1)[C@H](C)OC(=O)[C@H](C)NC(=O)OC(C)(C)C. The fourth-order valence-corrected chi connectivity index (χ4v) is 2.39. The number of hydrogen-bond acceptors (Lipinski definition) is 5. The van der Waals surface area contributed by atoms with Crippen LogP contribution < -0.4 is 10.1 Å². The molecule has 0 aliphatic carbocycles. The second-order valence-electron chi connectivity index (χ2n) is 7.30. The van der Waals surface area contributed by atoms with Crippen LogP contribution in [0.1, 0.15) is 41.0 Å². The van der Waals surface area contributed by atoms with E-state index in [4.69, 9.17) is 25.8 Å². The van der Waals surface area contributed by atoms with Gasteiger partial charge in [-0.25, -0.2) is 14.0 Å². The summed E-state index contributed by atoms with van der Waals surface area (Å²) in [4.78, 5) is 24.0. The molecule has 0 heterocycles. The molecule has 156 valence electrons. The lowest BCUT2D eigenvalue weighted by Gasteiger charge is -2.26. The van der Waals surface area contributed by atoms with Gasteiger partial charge in [-0.05, 0) is 46.8 Å². The van der Waals surface area contributed by atoms with Gasteiger partial charge in [0.2, 0.25) is 0 Å². The van der Waals surface area contributed by atoms with Crippen molar-refractivity contribution in [1.29, 1.82) is 0 Å². The Bertz CT molecular complexity index is 684. The Hall–Kier alpha value is -2.28. The first-order valence-corrected chi connectivity index (χ1v) is 9.22. The number of halogens is 2. The van der Waals surface area contributed by atoms with E-state index in [0.29, 0.717) is 6.42 Å². The highest BCUT2D eigenvalue weighted by molar-refractivity contribution is 6.30. The quantitative estimate of drug-likeness (QED) is 0.494. The molecule has 0 unspecified atom stereocenters. The van der Waals surface area contributed by atoms with Gasteiger partial charge in [0.1, 0.15) is 35.4 Å². The molecule has 0 saturated carbocycles. The van der Waals surface area contributed by atoms with Crippen molar-refractivity contribution >= 4 is 23.7 Å². The van der Waals surface area contributed by atoms with Crippen molar-refractivity contribution in [3.63, 3.8) is 0 Å². The van der Waals surface area contributed by atoms with Gasteiger partial charge in [-0.2, -0.15) is 0 Å². The van der Waals surface area contributed by atoms with E-state index in [1.807, 2.05) is 0 Å². The Kier molecular flexibility index (Phi) is 8.75. The van der Waals surface area contributed by atoms with Crippen LogP contribution in [0, 0.1) is 5.82 Å². The number of nitrogens with one attached hydrogen (secondary N) is 1. The van der Waals surface area contributed by atoms with Gasteiger partial charge in [0, 0.05) is 17.5 Å². The van der Waals surface area contributed by atoms with Crippen LogP contribution in [0.25, 0.3) is 0 Å². The Morgan fingerprint density at radius 3 is 2.46 bits per heavy atom. The summed E-state index contributed by atoms with van der Waals surface area (Å²) in [5, 5.41) is 2.60. The number of esters is 1. The van der Waals surface area contributed by atoms with Gasteiger partial charge < -0.3 is 19.5 Å². The third-order valence-electron chi connectivity index (χ3n) is 3.43. The molecular formula is C20H27ClFNO5. The fraction of sp³-hybridized carbons (Fsp3) is 0.500. The molecule has 0 aliphatic rings. The second kappa shape index (κ2) is 10.3. The monoisotopic (exact) mass is 415 g/mol. The molecule has 0 aromatic heterocycles. The Labute approximate surface area is 170 Å². The maximum atomic E-state index is 13.5. The van der Waals surface area contributed by atoms with Crippen LogP contribution >= 0.6 is 11.6 Å². The minimum atomic E-state index is -0.926. The highest BCUT2D eigenvalue weighted by atomic mass is 35.5. The average Bonchev–Trinajstić information content (AvgIpc) is 2.51. The molecule has 1 N–H and O–H groups in total. The minimum absolute atomic E-state index is 0.187. The first kappa shape index (κ1) is 23.8. The maximum absolute atomic E-state index is 13.5. The van der Waals surface area contributed by atoms with Crippen molar-refractivity contribution in [2.75, 3.05) is 0 Å². The summed E-state index contributed by atoms with van der Waals surface area (Å²) in [6.45, 7) is 11.9.